The molecule has 1 N–H and O–H groups in total. The number of hydrogen-bond acceptors (Lipinski definition) is 5. The maximum Gasteiger partial charge on any atom is 0.265 e. The lowest BCUT2D eigenvalue weighted by Gasteiger charge is -2.08. The first-order valence-corrected chi connectivity index (χ1v) is 8.82. The molecule has 5 nitrogen and oxygen atoms in total. The Kier molecular flexibility index (Phi) is 4.18. The van der Waals surface area contributed by atoms with Gasteiger partial charge in [-0.3, -0.25) is 4.79 Å². The van der Waals surface area contributed by atoms with E-state index in [2.05, 4.69) is 10.3 Å². The van der Waals surface area contributed by atoms with E-state index in [4.69, 9.17) is 9.47 Å². The second-order valence-corrected chi connectivity index (χ2v) is 6.74. The summed E-state index contributed by atoms with van der Waals surface area (Å²) in [6.07, 6.45) is 0. The van der Waals surface area contributed by atoms with E-state index in [1.54, 1.807) is 14.2 Å². The number of aromatic nitrogens is 1. The van der Waals surface area contributed by atoms with Gasteiger partial charge in [0, 0.05) is 16.8 Å². The fourth-order valence-electron chi connectivity index (χ4n) is 2.78. The van der Waals surface area contributed by atoms with Crippen LogP contribution in [0, 0.1) is 0 Å². The minimum absolute atomic E-state index is 0.181. The fourth-order valence-corrected chi connectivity index (χ4v) is 3.69. The minimum Gasteiger partial charge on any atom is -0.497 e. The van der Waals surface area contributed by atoms with E-state index >= 15 is 0 Å². The number of pyridine rings is 1. The van der Waals surface area contributed by atoms with Crippen LogP contribution in [0.4, 0.5) is 5.69 Å². The van der Waals surface area contributed by atoms with Crippen LogP contribution in [0.25, 0.3) is 21.1 Å². The van der Waals surface area contributed by atoms with Gasteiger partial charge in [-0.25, -0.2) is 4.98 Å². The number of anilines is 1. The summed E-state index contributed by atoms with van der Waals surface area (Å²) in [7, 11) is 3.21. The van der Waals surface area contributed by atoms with Gasteiger partial charge < -0.3 is 14.8 Å². The van der Waals surface area contributed by atoms with Crippen LogP contribution in [0.3, 0.4) is 0 Å². The van der Waals surface area contributed by atoms with E-state index in [1.165, 1.54) is 11.3 Å². The quantitative estimate of drug-likeness (QED) is 0.569. The normalized spacial score (nSPS) is 10.8. The van der Waals surface area contributed by atoms with Crippen molar-refractivity contribution in [3.63, 3.8) is 0 Å². The van der Waals surface area contributed by atoms with Crippen LogP contribution in [0.2, 0.25) is 0 Å². The van der Waals surface area contributed by atoms with Crippen LogP contribution in [-0.2, 0) is 0 Å². The van der Waals surface area contributed by atoms with E-state index < -0.39 is 0 Å². The molecule has 2 aromatic carbocycles. The maximum atomic E-state index is 12.6. The number of thiophene rings is 1. The number of nitrogens with zero attached hydrogens (tertiary/aromatic N) is 1. The summed E-state index contributed by atoms with van der Waals surface area (Å²) < 4.78 is 10.5. The van der Waals surface area contributed by atoms with Crippen molar-refractivity contribution in [3.05, 3.63) is 59.5 Å². The van der Waals surface area contributed by atoms with E-state index in [1.807, 2.05) is 54.6 Å². The van der Waals surface area contributed by atoms with E-state index in [9.17, 15) is 4.79 Å². The number of fused-ring (bicyclic) bond motifs is 2. The van der Waals surface area contributed by atoms with Gasteiger partial charge in [0.1, 0.15) is 16.3 Å². The third kappa shape index (κ3) is 2.95. The lowest BCUT2D eigenvalue weighted by Crippen LogP contribution is -2.10. The van der Waals surface area contributed by atoms with Crippen molar-refractivity contribution in [1.29, 1.82) is 0 Å². The Balaban J connectivity index is 1.70. The van der Waals surface area contributed by atoms with Gasteiger partial charge in [0.05, 0.1) is 30.3 Å². The highest BCUT2D eigenvalue weighted by atomic mass is 32.1. The molecule has 0 aliphatic carbocycles. The Hall–Kier alpha value is -3.12. The van der Waals surface area contributed by atoms with Gasteiger partial charge in [0.2, 0.25) is 0 Å². The number of carbonyl (C=O) groups is 1. The molecule has 0 aliphatic rings. The van der Waals surface area contributed by atoms with E-state index in [0.29, 0.717) is 16.3 Å². The molecule has 0 saturated heterocycles. The average Bonchev–Trinajstić information content (AvgIpc) is 3.09. The first-order valence-electron chi connectivity index (χ1n) is 8.00. The highest BCUT2D eigenvalue weighted by Gasteiger charge is 2.14. The SMILES string of the molecule is COc1ccc2cc3cc(C(=O)Nc4ccccc4OC)sc3nc2c1. The third-order valence-electron chi connectivity index (χ3n) is 4.09. The molecule has 130 valence electrons. The zero-order valence-electron chi connectivity index (χ0n) is 14.3. The summed E-state index contributed by atoms with van der Waals surface area (Å²) in [5.41, 5.74) is 1.48. The molecule has 6 heteroatoms. The molecule has 0 atom stereocenters. The monoisotopic (exact) mass is 364 g/mol. The molecule has 0 fully saturated rings. The Morgan fingerprint density at radius 2 is 1.85 bits per heavy atom. The van der Waals surface area contributed by atoms with Crippen molar-refractivity contribution in [1.82, 2.24) is 4.98 Å². The third-order valence-corrected chi connectivity index (χ3v) is 5.13. The van der Waals surface area contributed by atoms with Crippen LogP contribution in [-0.4, -0.2) is 25.1 Å². The first-order chi connectivity index (χ1) is 12.7. The van der Waals surface area contributed by atoms with Crippen molar-refractivity contribution in [2.24, 2.45) is 0 Å². The van der Waals surface area contributed by atoms with Crippen molar-refractivity contribution in [3.8, 4) is 11.5 Å². The molecule has 26 heavy (non-hydrogen) atoms. The topological polar surface area (TPSA) is 60.5 Å². The number of amides is 1. The number of nitrogens with one attached hydrogen (secondary N) is 1. The number of hydrogen-bond donors (Lipinski definition) is 1. The van der Waals surface area contributed by atoms with Crippen LogP contribution in [0.5, 0.6) is 11.5 Å². The Morgan fingerprint density at radius 3 is 2.65 bits per heavy atom. The Morgan fingerprint density at radius 1 is 1.00 bits per heavy atom. The summed E-state index contributed by atoms with van der Waals surface area (Å²) in [5, 5.41) is 4.85. The predicted molar refractivity (Wildman–Crippen MR) is 105 cm³/mol. The largest absolute Gasteiger partial charge is 0.497 e. The number of benzene rings is 2. The van der Waals surface area contributed by atoms with Crippen molar-refractivity contribution in [2.75, 3.05) is 19.5 Å². The van der Waals surface area contributed by atoms with Crippen molar-refractivity contribution < 1.29 is 14.3 Å². The maximum absolute atomic E-state index is 12.6. The van der Waals surface area contributed by atoms with Crippen LogP contribution in [0.15, 0.2) is 54.6 Å². The highest BCUT2D eigenvalue weighted by Crippen LogP contribution is 2.30. The summed E-state index contributed by atoms with van der Waals surface area (Å²) in [6.45, 7) is 0. The van der Waals surface area contributed by atoms with Crippen LogP contribution in [0.1, 0.15) is 9.67 Å². The van der Waals surface area contributed by atoms with Crippen LogP contribution < -0.4 is 14.8 Å². The minimum atomic E-state index is -0.181. The number of ether oxygens (including phenoxy) is 2. The van der Waals surface area contributed by atoms with Gasteiger partial charge >= 0.3 is 0 Å². The molecule has 2 aromatic heterocycles. The smallest absolute Gasteiger partial charge is 0.265 e. The zero-order valence-corrected chi connectivity index (χ0v) is 15.1. The van der Waals surface area contributed by atoms with Gasteiger partial charge in [-0.1, -0.05) is 12.1 Å². The molecule has 0 aliphatic heterocycles. The molecule has 4 aromatic rings. The zero-order chi connectivity index (χ0) is 18.1. The van der Waals surface area contributed by atoms with Gasteiger partial charge in [0.15, 0.2) is 0 Å². The molecule has 0 spiro atoms. The van der Waals surface area contributed by atoms with Gasteiger partial charge in [-0.2, -0.15) is 0 Å². The summed E-state index contributed by atoms with van der Waals surface area (Å²) in [4.78, 5) is 18.7. The second kappa shape index (κ2) is 6.65. The number of para-hydroxylation sites is 2. The van der Waals surface area contributed by atoms with Crippen molar-refractivity contribution in [2.45, 2.75) is 0 Å². The summed E-state index contributed by atoms with van der Waals surface area (Å²) >= 11 is 1.36. The molecule has 2 heterocycles. The van der Waals surface area contributed by atoms with Crippen LogP contribution >= 0.6 is 11.3 Å². The lowest BCUT2D eigenvalue weighted by molar-refractivity contribution is 0.103. The Labute approximate surface area is 154 Å². The second-order valence-electron chi connectivity index (χ2n) is 5.71. The van der Waals surface area contributed by atoms with E-state index in [-0.39, 0.29) is 5.91 Å². The molecular weight excluding hydrogens is 348 g/mol. The predicted octanol–water partition coefficient (Wildman–Crippen LogP) is 4.72. The van der Waals surface area contributed by atoms with Crippen molar-refractivity contribution >= 4 is 44.1 Å². The van der Waals surface area contributed by atoms with Gasteiger partial charge in [-0.05, 0) is 36.4 Å². The number of methoxy groups -OCH3 is 2. The number of carbonyl (C=O) groups excluding carboxylic acids is 1. The Bertz CT molecular complexity index is 1120. The summed E-state index contributed by atoms with van der Waals surface area (Å²) in [6, 6.07) is 17.0. The van der Waals surface area contributed by atoms with E-state index in [0.717, 1.165) is 26.9 Å². The molecule has 4 rings (SSSR count). The molecule has 0 bridgehead atoms. The molecule has 0 unspecified atom stereocenters. The lowest BCUT2D eigenvalue weighted by atomic mass is 10.2. The molecule has 0 radical (unpaired) electrons. The summed E-state index contributed by atoms with van der Waals surface area (Å²) in [5.74, 6) is 1.20. The standard InChI is InChI=1S/C20H16N2O3S/c1-24-14-8-7-12-9-13-10-18(26-20(13)22-16(12)11-14)19(23)21-15-5-3-4-6-17(15)25-2/h3-11H,1-2H3,(H,21,23). The molecule has 0 saturated carbocycles. The average molecular weight is 364 g/mol. The fraction of sp³-hybridized carbons (Fsp3) is 0.100. The van der Waals surface area contributed by atoms with Gasteiger partial charge in [0.25, 0.3) is 5.91 Å². The molecular formula is C20H16N2O3S. The highest BCUT2D eigenvalue weighted by molar-refractivity contribution is 7.20. The number of rotatable bonds is 4. The van der Waals surface area contributed by atoms with Gasteiger partial charge in [-0.15, -0.1) is 11.3 Å². The molecule has 1 amide bonds. The first kappa shape index (κ1) is 16.4.